The molecule has 0 spiro atoms. The molecule has 10 heteroatoms. The fraction of sp³-hybridized carbons (Fsp3) is 0.300. The van der Waals surface area contributed by atoms with Crippen molar-refractivity contribution in [1.82, 2.24) is 23.7 Å². The van der Waals surface area contributed by atoms with Crippen molar-refractivity contribution < 1.29 is 4.42 Å². The highest BCUT2D eigenvalue weighted by molar-refractivity contribution is 7.98. The van der Waals surface area contributed by atoms with E-state index in [1.54, 1.807) is 25.4 Å². The lowest BCUT2D eigenvalue weighted by Gasteiger charge is -2.09. The molecule has 4 rings (SSSR count). The number of aromatic nitrogens is 5. The van der Waals surface area contributed by atoms with Gasteiger partial charge in [-0.3, -0.25) is 13.9 Å². The Morgan fingerprint density at radius 1 is 1.10 bits per heavy atom. The zero-order valence-corrected chi connectivity index (χ0v) is 18.3. The summed E-state index contributed by atoms with van der Waals surface area (Å²) in [6, 6.07) is 7.40. The number of aryl methyl sites for hydroxylation is 2. The molecular formula is C20H20ClN5O3S. The third kappa shape index (κ3) is 3.70. The average molecular weight is 446 g/mol. The summed E-state index contributed by atoms with van der Waals surface area (Å²) in [6.07, 6.45) is 2.44. The van der Waals surface area contributed by atoms with Crippen LogP contribution in [0.1, 0.15) is 24.1 Å². The molecule has 8 nitrogen and oxygen atoms in total. The van der Waals surface area contributed by atoms with Crippen molar-refractivity contribution in [3.05, 3.63) is 73.5 Å². The number of nitrogens with zero attached hydrogens (tertiary/aromatic N) is 5. The number of benzene rings is 1. The third-order valence-corrected chi connectivity index (χ3v) is 6.07. The van der Waals surface area contributed by atoms with Crippen LogP contribution in [0.2, 0.25) is 5.02 Å². The lowest BCUT2D eigenvalue weighted by molar-refractivity contribution is 0.516. The van der Waals surface area contributed by atoms with Gasteiger partial charge in [0.05, 0.1) is 18.0 Å². The molecule has 3 heterocycles. The molecule has 0 saturated heterocycles. The van der Waals surface area contributed by atoms with E-state index >= 15 is 0 Å². The molecular weight excluding hydrogens is 426 g/mol. The van der Waals surface area contributed by atoms with Gasteiger partial charge in [-0.25, -0.2) is 14.8 Å². The molecule has 0 unspecified atom stereocenters. The summed E-state index contributed by atoms with van der Waals surface area (Å²) in [4.78, 5) is 34.3. The van der Waals surface area contributed by atoms with E-state index in [2.05, 4.69) is 9.97 Å². The van der Waals surface area contributed by atoms with Gasteiger partial charge in [0.2, 0.25) is 5.89 Å². The Labute approximate surface area is 181 Å². The Hall–Kier alpha value is -2.78. The summed E-state index contributed by atoms with van der Waals surface area (Å²) in [6.45, 7) is 2.42. The van der Waals surface area contributed by atoms with Gasteiger partial charge in [0.15, 0.2) is 16.3 Å². The third-order valence-electron chi connectivity index (χ3n) is 4.85. The Kier molecular flexibility index (Phi) is 5.57. The van der Waals surface area contributed by atoms with Crippen LogP contribution >= 0.6 is 23.4 Å². The summed E-state index contributed by atoms with van der Waals surface area (Å²) >= 11 is 7.41. The highest BCUT2D eigenvalue weighted by Crippen LogP contribution is 2.26. The van der Waals surface area contributed by atoms with Gasteiger partial charge >= 0.3 is 5.69 Å². The molecule has 0 aliphatic carbocycles. The fourth-order valence-electron chi connectivity index (χ4n) is 3.16. The Morgan fingerprint density at radius 2 is 1.83 bits per heavy atom. The summed E-state index contributed by atoms with van der Waals surface area (Å²) in [5.74, 6) is 1.04. The van der Waals surface area contributed by atoms with Gasteiger partial charge in [-0.2, -0.15) is 0 Å². The lowest BCUT2D eigenvalue weighted by Crippen LogP contribution is -2.37. The van der Waals surface area contributed by atoms with Crippen molar-refractivity contribution in [3.8, 4) is 0 Å². The van der Waals surface area contributed by atoms with Crippen LogP contribution in [0.4, 0.5) is 0 Å². The largest absolute Gasteiger partial charge is 0.448 e. The van der Waals surface area contributed by atoms with Gasteiger partial charge in [-0.1, -0.05) is 42.4 Å². The van der Waals surface area contributed by atoms with Gasteiger partial charge in [-0.05, 0) is 24.1 Å². The minimum atomic E-state index is -0.416. The van der Waals surface area contributed by atoms with E-state index in [9.17, 15) is 9.59 Å². The molecule has 0 radical (unpaired) electrons. The van der Waals surface area contributed by atoms with E-state index in [4.69, 9.17) is 16.0 Å². The average Bonchev–Trinajstić information content (AvgIpc) is 3.35. The van der Waals surface area contributed by atoms with Gasteiger partial charge in [-0.15, -0.1) is 0 Å². The molecule has 0 saturated carbocycles. The first-order chi connectivity index (χ1) is 14.4. The molecule has 0 aliphatic rings. The number of hydrogen-bond donors (Lipinski definition) is 0. The molecule has 30 heavy (non-hydrogen) atoms. The highest BCUT2D eigenvalue weighted by Gasteiger charge is 2.20. The minimum absolute atomic E-state index is 0.348. The standard InChI is InChI=1S/C20H20ClN5O3S/c1-4-14-10-29-15(22-14)11-30-19-23-17-16(18(27)25(3)20(28)24(17)2)26(19)9-12-5-7-13(21)8-6-12/h5-8,10H,4,9,11H2,1-3H3. The van der Waals surface area contributed by atoms with E-state index in [-0.39, 0.29) is 5.56 Å². The molecule has 0 bridgehead atoms. The number of halogens is 1. The van der Waals surface area contributed by atoms with Gasteiger partial charge in [0.25, 0.3) is 5.56 Å². The molecule has 3 aromatic heterocycles. The number of thioether (sulfide) groups is 1. The second-order valence-electron chi connectivity index (χ2n) is 6.86. The summed E-state index contributed by atoms with van der Waals surface area (Å²) in [7, 11) is 3.08. The monoisotopic (exact) mass is 445 g/mol. The predicted molar refractivity (Wildman–Crippen MR) is 116 cm³/mol. The maximum atomic E-state index is 12.9. The van der Waals surface area contributed by atoms with E-state index in [0.29, 0.717) is 39.5 Å². The molecule has 156 valence electrons. The van der Waals surface area contributed by atoms with Crippen LogP contribution in [-0.2, 0) is 32.8 Å². The fourth-order valence-corrected chi connectivity index (χ4v) is 4.13. The summed E-state index contributed by atoms with van der Waals surface area (Å²) in [5, 5.41) is 1.24. The van der Waals surface area contributed by atoms with Gasteiger partial charge in [0, 0.05) is 19.1 Å². The molecule has 4 aromatic rings. The number of imidazole rings is 1. The van der Waals surface area contributed by atoms with Crippen molar-refractivity contribution >= 4 is 34.5 Å². The Morgan fingerprint density at radius 3 is 2.50 bits per heavy atom. The van der Waals surface area contributed by atoms with Crippen LogP contribution in [-0.4, -0.2) is 23.7 Å². The van der Waals surface area contributed by atoms with Crippen LogP contribution in [0.25, 0.3) is 11.2 Å². The molecule has 1 aromatic carbocycles. The Bertz CT molecular complexity index is 1330. The maximum absolute atomic E-state index is 12.9. The van der Waals surface area contributed by atoms with Crippen LogP contribution in [0.15, 0.2) is 49.7 Å². The van der Waals surface area contributed by atoms with Crippen LogP contribution in [0.5, 0.6) is 0 Å². The quantitative estimate of drug-likeness (QED) is 0.424. The number of oxazole rings is 1. The summed E-state index contributed by atoms with van der Waals surface area (Å²) in [5.41, 5.74) is 1.77. The second kappa shape index (κ2) is 8.16. The SMILES string of the molecule is CCc1coc(CSc2nc3c(c(=O)n(C)c(=O)n3C)n2Cc2ccc(Cl)cc2)n1. The number of rotatable bonds is 6. The van der Waals surface area contributed by atoms with Crippen LogP contribution < -0.4 is 11.2 Å². The topological polar surface area (TPSA) is 87.9 Å². The van der Waals surface area contributed by atoms with E-state index in [0.717, 1.165) is 22.2 Å². The molecule has 0 aliphatic heterocycles. The Balaban J connectivity index is 1.81. The maximum Gasteiger partial charge on any atom is 0.332 e. The van der Waals surface area contributed by atoms with E-state index < -0.39 is 5.69 Å². The van der Waals surface area contributed by atoms with Crippen molar-refractivity contribution in [2.24, 2.45) is 14.1 Å². The summed E-state index contributed by atoms with van der Waals surface area (Å²) < 4.78 is 9.82. The lowest BCUT2D eigenvalue weighted by atomic mass is 10.2. The van der Waals surface area contributed by atoms with Crippen LogP contribution in [0, 0.1) is 0 Å². The predicted octanol–water partition coefficient (Wildman–Crippen LogP) is 2.98. The first-order valence-electron chi connectivity index (χ1n) is 9.35. The zero-order valence-electron chi connectivity index (χ0n) is 16.8. The minimum Gasteiger partial charge on any atom is -0.448 e. The van der Waals surface area contributed by atoms with Gasteiger partial charge in [0.1, 0.15) is 6.26 Å². The van der Waals surface area contributed by atoms with Gasteiger partial charge < -0.3 is 8.98 Å². The number of hydrogen-bond acceptors (Lipinski definition) is 6. The first kappa shape index (κ1) is 20.5. The van der Waals surface area contributed by atoms with Crippen molar-refractivity contribution in [2.75, 3.05) is 0 Å². The molecule has 0 N–H and O–H groups in total. The first-order valence-corrected chi connectivity index (χ1v) is 10.7. The molecule has 0 fully saturated rings. The normalized spacial score (nSPS) is 11.5. The van der Waals surface area contributed by atoms with E-state index in [1.165, 1.54) is 23.4 Å². The van der Waals surface area contributed by atoms with Crippen molar-refractivity contribution in [2.45, 2.75) is 30.8 Å². The van der Waals surface area contributed by atoms with E-state index in [1.807, 2.05) is 23.6 Å². The highest BCUT2D eigenvalue weighted by atomic mass is 35.5. The number of fused-ring (bicyclic) bond motifs is 1. The zero-order chi connectivity index (χ0) is 21.4. The molecule has 0 atom stereocenters. The van der Waals surface area contributed by atoms with Crippen molar-refractivity contribution in [1.29, 1.82) is 0 Å². The second-order valence-corrected chi connectivity index (χ2v) is 8.24. The van der Waals surface area contributed by atoms with Crippen molar-refractivity contribution in [3.63, 3.8) is 0 Å². The molecule has 0 amide bonds. The van der Waals surface area contributed by atoms with Crippen LogP contribution in [0.3, 0.4) is 0 Å². The smallest absolute Gasteiger partial charge is 0.332 e.